The van der Waals surface area contributed by atoms with Crippen molar-refractivity contribution in [2.45, 2.75) is 13.0 Å². The van der Waals surface area contributed by atoms with Crippen molar-refractivity contribution in [3.63, 3.8) is 0 Å². The van der Waals surface area contributed by atoms with Gasteiger partial charge in [-0.25, -0.2) is 8.78 Å². The number of hydrogen-bond acceptors (Lipinski definition) is 2. The first-order valence-electron chi connectivity index (χ1n) is 8.60. The van der Waals surface area contributed by atoms with E-state index >= 15 is 0 Å². The summed E-state index contributed by atoms with van der Waals surface area (Å²) in [5.41, 5.74) is 1.66. The van der Waals surface area contributed by atoms with Crippen LogP contribution in [0.15, 0.2) is 47.5 Å². The topological polar surface area (TPSA) is 56.7 Å². The van der Waals surface area contributed by atoms with Gasteiger partial charge in [0.1, 0.15) is 11.6 Å². The van der Waals surface area contributed by atoms with E-state index in [1.54, 1.807) is 33.3 Å². The average molecular weight is 374 g/mol. The molecule has 2 rings (SSSR count). The molecule has 0 aliphatic heterocycles. The van der Waals surface area contributed by atoms with Crippen molar-refractivity contribution >= 4 is 11.9 Å². The average Bonchev–Trinajstić information content (AvgIpc) is 2.66. The Hall–Kier alpha value is -2.96. The summed E-state index contributed by atoms with van der Waals surface area (Å²) in [4.78, 5) is 17.5. The van der Waals surface area contributed by atoms with Crippen molar-refractivity contribution in [3.05, 3.63) is 70.8 Å². The first kappa shape index (κ1) is 20.4. The van der Waals surface area contributed by atoms with Gasteiger partial charge >= 0.3 is 0 Å². The lowest BCUT2D eigenvalue weighted by molar-refractivity contribution is 0.0827. The minimum absolute atomic E-state index is 0.0487. The highest BCUT2D eigenvalue weighted by atomic mass is 19.1. The molecule has 0 aromatic heterocycles. The molecule has 0 radical (unpaired) electrons. The summed E-state index contributed by atoms with van der Waals surface area (Å²) in [6, 6.07) is 11.1. The number of halogens is 2. The van der Waals surface area contributed by atoms with Gasteiger partial charge in [-0.2, -0.15) is 0 Å². The molecular formula is C20H24F2N4O. The molecule has 0 unspecified atom stereocenters. The lowest BCUT2D eigenvalue weighted by atomic mass is 10.1. The maximum atomic E-state index is 13.6. The molecule has 2 aromatic rings. The predicted octanol–water partition coefficient (Wildman–Crippen LogP) is 2.57. The molecule has 0 heterocycles. The highest BCUT2D eigenvalue weighted by Crippen LogP contribution is 2.12. The van der Waals surface area contributed by atoms with Crippen LogP contribution >= 0.6 is 0 Å². The van der Waals surface area contributed by atoms with Crippen LogP contribution in [0.2, 0.25) is 0 Å². The number of nitrogens with one attached hydrogen (secondary N) is 2. The van der Waals surface area contributed by atoms with E-state index in [1.165, 1.54) is 23.1 Å². The monoisotopic (exact) mass is 374 g/mol. The fourth-order valence-corrected chi connectivity index (χ4v) is 2.51. The number of carbonyl (C=O) groups excluding carboxylic acids is 1. The van der Waals surface area contributed by atoms with Crippen LogP contribution in [0, 0.1) is 11.6 Å². The third kappa shape index (κ3) is 5.77. The first-order chi connectivity index (χ1) is 12.9. The third-order valence-electron chi connectivity index (χ3n) is 4.02. The zero-order valence-electron chi connectivity index (χ0n) is 15.7. The highest BCUT2D eigenvalue weighted by molar-refractivity contribution is 5.93. The Balaban J connectivity index is 1.84. The summed E-state index contributed by atoms with van der Waals surface area (Å²) >= 11 is 0. The van der Waals surface area contributed by atoms with Crippen LogP contribution in [0.5, 0.6) is 0 Å². The minimum Gasteiger partial charge on any atom is -0.356 e. The van der Waals surface area contributed by atoms with Crippen molar-refractivity contribution in [1.29, 1.82) is 0 Å². The van der Waals surface area contributed by atoms with E-state index in [-0.39, 0.29) is 17.9 Å². The summed E-state index contributed by atoms with van der Waals surface area (Å²) < 4.78 is 27.2. The SMILES string of the molecule is CN=C(NCCc1c(F)cccc1F)NCc1ccc(C(=O)N(C)C)cc1. The molecule has 0 spiro atoms. The van der Waals surface area contributed by atoms with Gasteiger partial charge in [0, 0.05) is 45.4 Å². The maximum absolute atomic E-state index is 13.6. The standard InChI is InChI=1S/C20H24F2N4O/c1-23-20(24-12-11-16-17(21)5-4-6-18(16)22)25-13-14-7-9-15(10-8-14)19(27)26(2)3/h4-10H,11-13H2,1-3H3,(H2,23,24,25). The molecular weight excluding hydrogens is 350 g/mol. The van der Waals surface area contributed by atoms with E-state index < -0.39 is 11.6 Å². The van der Waals surface area contributed by atoms with Crippen molar-refractivity contribution in [3.8, 4) is 0 Å². The minimum atomic E-state index is -0.549. The number of amides is 1. The van der Waals surface area contributed by atoms with Gasteiger partial charge in [-0.1, -0.05) is 18.2 Å². The Morgan fingerprint density at radius 3 is 2.22 bits per heavy atom. The highest BCUT2D eigenvalue weighted by Gasteiger charge is 2.09. The van der Waals surface area contributed by atoms with Crippen LogP contribution < -0.4 is 10.6 Å². The number of hydrogen-bond donors (Lipinski definition) is 2. The van der Waals surface area contributed by atoms with Crippen molar-refractivity contribution in [2.75, 3.05) is 27.7 Å². The van der Waals surface area contributed by atoms with E-state index in [0.29, 0.717) is 24.6 Å². The normalized spacial score (nSPS) is 11.2. The van der Waals surface area contributed by atoms with Crippen LogP contribution in [0.1, 0.15) is 21.5 Å². The van der Waals surface area contributed by atoms with Crippen LogP contribution in [-0.4, -0.2) is 44.5 Å². The van der Waals surface area contributed by atoms with Gasteiger partial charge in [-0.15, -0.1) is 0 Å². The molecule has 0 aliphatic rings. The first-order valence-corrected chi connectivity index (χ1v) is 8.60. The second-order valence-corrected chi connectivity index (χ2v) is 6.20. The molecule has 0 bridgehead atoms. The molecule has 1 amide bonds. The van der Waals surface area contributed by atoms with E-state index in [0.717, 1.165) is 5.56 Å². The van der Waals surface area contributed by atoms with Crippen LogP contribution in [0.4, 0.5) is 8.78 Å². The third-order valence-corrected chi connectivity index (χ3v) is 4.02. The van der Waals surface area contributed by atoms with Gasteiger partial charge in [0.05, 0.1) is 0 Å². The Morgan fingerprint density at radius 1 is 1.04 bits per heavy atom. The van der Waals surface area contributed by atoms with E-state index in [1.807, 2.05) is 12.1 Å². The fourth-order valence-electron chi connectivity index (χ4n) is 2.51. The zero-order valence-corrected chi connectivity index (χ0v) is 15.7. The van der Waals surface area contributed by atoms with Gasteiger partial charge < -0.3 is 15.5 Å². The van der Waals surface area contributed by atoms with Crippen molar-refractivity contribution < 1.29 is 13.6 Å². The number of guanidine groups is 1. The second kappa shape index (κ2) is 9.66. The molecule has 0 atom stereocenters. The van der Waals surface area contributed by atoms with E-state index in [9.17, 15) is 13.6 Å². The number of nitrogens with zero attached hydrogens (tertiary/aromatic N) is 2. The van der Waals surface area contributed by atoms with Gasteiger partial charge in [0.2, 0.25) is 0 Å². The predicted molar refractivity (Wildman–Crippen MR) is 103 cm³/mol. The fraction of sp³-hybridized carbons (Fsp3) is 0.300. The Labute approximate surface area is 158 Å². The maximum Gasteiger partial charge on any atom is 0.253 e. The van der Waals surface area contributed by atoms with Crippen molar-refractivity contribution in [2.24, 2.45) is 4.99 Å². The molecule has 144 valence electrons. The van der Waals surface area contributed by atoms with Crippen LogP contribution in [0.25, 0.3) is 0 Å². The molecule has 0 fully saturated rings. The summed E-state index contributed by atoms with van der Waals surface area (Å²) in [5.74, 6) is -0.619. The molecule has 0 saturated heterocycles. The molecule has 27 heavy (non-hydrogen) atoms. The van der Waals surface area contributed by atoms with Crippen LogP contribution in [-0.2, 0) is 13.0 Å². The summed E-state index contributed by atoms with van der Waals surface area (Å²) in [5, 5.41) is 6.16. The van der Waals surface area contributed by atoms with Gasteiger partial charge in [0.25, 0.3) is 5.91 Å². The molecule has 7 heteroatoms. The molecule has 2 aromatic carbocycles. The summed E-state index contributed by atoms with van der Waals surface area (Å²) in [6.45, 7) is 0.845. The second-order valence-electron chi connectivity index (χ2n) is 6.20. The van der Waals surface area contributed by atoms with Crippen molar-refractivity contribution in [1.82, 2.24) is 15.5 Å². The number of aliphatic imine (C=N–C) groups is 1. The summed E-state index contributed by atoms with van der Waals surface area (Å²) in [7, 11) is 5.04. The Kier molecular flexibility index (Phi) is 7.28. The van der Waals surface area contributed by atoms with E-state index in [4.69, 9.17) is 0 Å². The molecule has 2 N–H and O–H groups in total. The lowest BCUT2D eigenvalue weighted by Crippen LogP contribution is -2.38. The quantitative estimate of drug-likeness (QED) is 0.604. The zero-order chi connectivity index (χ0) is 19.8. The number of rotatable bonds is 6. The Bertz CT molecular complexity index is 784. The van der Waals surface area contributed by atoms with E-state index in [2.05, 4.69) is 15.6 Å². The largest absolute Gasteiger partial charge is 0.356 e. The number of carbonyl (C=O) groups is 1. The lowest BCUT2D eigenvalue weighted by Gasteiger charge is -2.13. The van der Waals surface area contributed by atoms with Gasteiger partial charge in [0.15, 0.2) is 5.96 Å². The molecule has 0 saturated carbocycles. The molecule has 0 aliphatic carbocycles. The van der Waals surface area contributed by atoms with Gasteiger partial charge in [-0.05, 0) is 36.2 Å². The smallest absolute Gasteiger partial charge is 0.253 e. The Morgan fingerprint density at radius 2 is 1.67 bits per heavy atom. The number of benzene rings is 2. The van der Waals surface area contributed by atoms with Gasteiger partial charge in [-0.3, -0.25) is 9.79 Å². The molecule has 5 nitrogen and oxygen atoms in total. The summed E-state index contributed by atoms with van der Waals surface area (Å²) in [6.07, 6.45) is 0.209. The van der Waals surface area contributed by atoms with Crippen LogP contribution in [0.3, 0.4) is 0 Å².